The number of hydrogen-bond donors (Lipinski definition) is 3. The molecule has 0 aliphatic carbocycles. The van der Waals surface area contributed by atoms with E-state index in [9.17, 15) is 9.59 Å². The first kappa shape index (κ1) is 12.6. The largest absolute Gasteiger partial charge is 0.476 e. The van der Waals surface area contributed by atoms with Crippen molar-refractivity contribution < 1.29 is 19.8 Å². The lowest BCUT2D eigenvalue weighted by atomic mass is 10.2. The van der Waals surface area contributed by atoms with Crippen LogP contribution in [0.2, 0.25) is 0 Å². The lowest BCUT2D eigenvalue weighted by Gasteiger charge is -2.04. The number of pyridine rings is 1. The quantitative estimate of drug-likeness (QED) is 0.722. The van der Waals surface area contributed by atoms with Crippen molar-refractivity contribution in [1.29, 1.82) is 0 Å². The molecule has 2 aromatic rings. The van der Waals surface area contributed by atoms with Gasteiger partial charge < -0.3 is 15.9 Å². The van der Waals surface area contributed by atoms with Crippen LogP contribution in [-0.4, -0.2) is 36.9 Å². The summed E-state index contributed by atoms with van der Waals surface area (Å²) >= 11 is 0. The van der Waals surface area contributed by atoms with E-state index < -0.39 is 17.6 Å². The summed E-state index contributed by atoms with van der Waals surface area (Å²) in [7, 11) is 0. The van der Waals surface area contributed by atoms with Gasteiger partial charge in [-0.3, -0.25) is 9.67 Å². The van der Waals surface area contributed by atoms with E-state index in [1.54, 1.807) is 24.5 Å². The molecule has 0 amide bonds. The number of carbonyl (C=O) groups is 2. The van der Waals surface area contributed by atoms with Crippen LogP contribution in [0.5, 0.6) is 0 Å². The predicted molar refractivity (Wildman–Crippen MR) is 63.9 cm³/mol. The van der Waals surface area contributed by atoms with Gasteiger partial charge >= 0.3 is 11.9 Å². The SMILES string of the molecule is Nc1c(C(=O)O)nn(Cc2ccncc2)c1C(=O)O. The van der Waals surface area contributed by atoms with Crippen molar-refractivity contribution in [1.82, 2.24) is 14.8 Å². The van der Waals surface area contributed by atoms with E-state index in [0.29, 0.717) is 0 Å². The zero-order chi connectivity index (χ0) is 14.0. The molecule has 0 radical (unpaired) electrons. The molecule has 4 N–H and O–H groups in total. The van der Waals surface area contributed by atoms with Crippen molar-refractivity contribution in [2.45, 2.75) is 6.54 Å². The van der Waals surface area contributed by atoms with Crippen molar-refractivity contribution in [2.75, 3.05) is 5.73 Å². The van der Waals surface area contributed by atoms with Crippen molar-refractivity contribution in [3.63, 3.8) is 0 Å². The van der Waals surface area contributed by atoms with Gasteiger partial charge in [0.15, 0.2) is 11.4 Å². The van der Waals surface area contributed by atoms with Crippen molar-refractivity contribution in [2.24, 2.45) is 0 Å². The minimum atomic E-state index is -1.37. The number of aromatic nitrogens is 3. The fraction of sp³-hybridized carbons (Fsp3) is 0.0909. The molecule has 0 aliphatic heterocycles. The van der Waals surface area contributed by atoms with Crippen LogP contribution in [0.3, 0.4) is 0 Å². The van der Waals surface area contributed by atoms with E-state index in [1.165, 1.54) is 0 Å². The maximum Gasteiger partial charge on any atom is 0.358 e. The van der Waals surface area contributed by atoms with Gasteiger partial charge in [0.25, 0.3) is 0 Å². The number of rotatable bonds is 4. The lowest BCUT2D eigenvalue weighted by molar-refractivity contribution is 0.0676. The van der Waals surface area contributed by atoms with E-state index in [4.69, 9.17) is 15.9 Å². The molecule has 0 unspecified atom stereocenters. The van der Waals surface area contributed by atoms with Crippen molar-refractivity contribution in [3.8, 4) is 0 Å². The summed E-state index contributed by atoms with van der Waals surface area (Å²) in [4.78, 5) is 25.9. The average molecular weight is 262 g/mol. The second-order valence-electron chi connectivity index (χ2n) is 3.73. The number of carboxylic acid groups (broad SMARTS) is 2. The fourth-order valence-corrected chi connectivity index (χ4v) is 1.63. The van der Waals surface area contributed by atoms with Gasteiger partial charge in [-0.15, -0.1) is 0 Å². The Balaban J connectivity index is 2.48. The molecule has 0 bridgehead atoms. The van der Waals surface area contributed by atoms with Gasteiger partial charge in [-0.1, -0.05) is 0 Å². The maximum atomic E-state index is 11.1. The van der Waals surface area contributed by atoms with Gasteiger partial charge in [-0.05, 0) is 17.7 Å². The fourth-order valence-electron chi connectivity index (χ4n) is 1.63. The molecular formula is C11H10N4O4. The molecular weight excluding hydrogens is 252 g/mol. The highest BCUT2D eigenvalue weighted by Crippen LogP contribution is 2.18. The highest BCUT2D eigenvalue weighted by molar-refractivity contribution is 6.00. The summed E-state index contributed by atoms with van der Waals surface area (Å²) in [6, 6.07) is 3.34. The third-order valence-corrected chi connectivity index (χ3v) is 2.48. The molecule has 2 rings (SSSR count). The smallest absolute Gasteiger partial charge is 0.358 e. The molecule has 0 saturated heterocycles. The van der Waals surface area contributed by atoms with Crippen molar-refractivity contribution in [3.05, 3.63) is 41.5 Å². The van der Waals surface area contributed by atoms with Gasteiger partial charge in [-0.25, -0.2) is 9.59 Å². The number of aromatic carboxylic acids is 2. The Hall–Kier alpha value is -2.90. The van der Waals surface area contributed by atoms with Crippen LogP contribution in [0.15, 0.2) is 24.5 Å². The first-order valence-electron chi connectivity index (χ1n) is 5.22. The highest BCUT2D eigenvalue weighted by atomic mass is 16.4. The van der Waals surface area contributed by atoms with Crippen LogP contribution in [0.4, 0.5) is 5.69 Å². The molecule has 98 valence electrons. The molecule has 0 fully saturated rings. The van der Waals surface area contributed by atoms with Crippen LogP contribution in [-0.2, 0) is 6.54 Å². The van der Waals surface area contributed by atoms with Gasteiger partial charge in [0, 0.05) is 12.4 Å². The van der Waals surface area contributed by atoms with Crippen LogP contribution in [0, 0.1) is 0 Å². The summed E-state index contributed by atoms with van der Waals surface area (Å²) in [5.41, 5.74) is 5.08. The summed E-state index contributed by atoms with van der Waals surface area (Å²) in [6.07, 6.45) is 3.08. The zero-order valence-electron chi connectivity index (χ0n) is 9.65. The summed E-state index contributed by atoms with van der Waals surface area (Å²) in [5, 5.41) is 21.7. The summed E-state index contributed by atoms with van der Waals surface area (Å²) in [5.74, 6) is -2.69. The second-order valence-corrected chi connectivity index (χ2v) is 3.73. The number of nitrogen functional groups attached to an aromatic ring is 1. The molecule has 0 spiro atoms. The van der Waals surface area contributed by atoms with Crippen LogP contribution < -0.4 is 5.73 Å². The van der Waals surface area contributed by atoms with E-state index in [-0.39, 0.29) is 17.9 Å². The van der Waals surface area contributed by atoms with Gasteiger partial charge in [0.2, 0.25) is 0 Å². The number of carboxylic acids is 2. The Bertz CT molecular complexity index is 636. The van der Waals surface area contributed by atoms with E-state index in [1.807, 2.05) is 0 Å². The maximum absolute atomic E-state index is 11.1. The van der Waals surface area contributed by atoms with Crippen molar-refractivity contribution >= 4 is 17.6 Å². The van der Waals surface area contributed by atoms with Crippen LogP contribution >= 0.6 is 0 Å². The average Bonchev–Trinajstić information content (AvgIpc) is 2.67. The first-order valence-corrected chi connectivity index (χ1v) is 5.22. The van der Waals surface area contributed by atoms with Crippen LogP contribution in [0.1, 0.15) is 26.5 Å². The molecule has 19 heavy (non-hydrogen) atoms. The first-order chi connectivity index (χ1) is 9.00. The molecule has 0 aromatic carbocycles. The molecule has 0 aliphatic rings. The minimum absolute atomic E-state index is 0.0988. The van der Waals surface area contributed by atoms with E-state index >= 15 is 0 Å². The molecule has 8 nitrogen and oxygen atoms in total. The Morgan fingerprint density at radius 3 is 2.37 bits per heavy atom. The Kier molecular flexibility index (Phi) is 3.15. The third kappa shape index (κ3) is 2.37. The van der Waals surface area contributed by atoms with Crippen LogP contribution in [0.25, 0.3) is 0 Å². The zero-order valence-corrected chi connectivity index (χ0v) is 9.65. The number of nitrogens with two attached hydrogens (primary N) is 1. The summed E-state index contributed by atoms with van der Waals surface area (Å²) < 4.78 is 1.05. The monoisotopic (exact) mass is 262 g/mol. The van der Waals surface area contributed by atoms with Gasteiger partial charge in [0.05, 0.1) is 6.54 Å². The predicted octanol–water partition coefficient (Wildman–Crippen LogP) is 0.305. The normalized spacial score (nSPS) is 10.3. The molecule has 8 heteroatoms. The molecule has 2 heterocycles. The number of anilines is 1. The van der Waals surface area contributed by atoms with E-state index in [2.05, 4.69) is 10.1 Å². The second kappa shape index (κ2) is 4.77. The Morgan fingerprint density at radius 2 is 1.84 bits per heavy atom. The lowest BCUT2D eigenvalue weighted by Crippen LogP contribution is -2.12. The minimum Gasteiger partial charge on any atom is -0.476 e. The number of nitrogens with zero attached hydrogens (tertiary/aromatic N) is 3. The standard InChI is InChI=1S/C11H10N4O4/c12-7-8(10(16)17)14-15(9(7)11(18)19)5-6-1-3-13-4-2-6/h1-4H,5,12H2,(H,16,17)(H,18,19). The van der Waals surface area contributed by atoms with Gasteiger partial charge in [-0.2, -0.15) is 5.10 Å². The molecule has 0 atom stereocenters. The van der Waals surface area contributed by atoms with Gasteiger partial charge in [0.1, 0.15) is 5.69 Å². The Morgan fingerprint density at radius 1 is 1.21 bits per heavy atom. The highest BCUT2D eigenvalue weighted by Gasteiger charge is 2.24. The summed E-state index contributed by atoms with van der Waals surface area (Å²) in [6.45, 7) is 0.0988. The third-order valence-electron chi connectivity index (χ3n) is 2.48. The topological polar surface area (TPSA) is 131 Å². The Labute approximate surface area is 107 Å². The van der Waals surface area contributed by atoms with E-state index in [0.717, 1.165) is 10.2 Å². The molecule has 2 aromatic heterocycles. The molecule has 0 saturated carbocycles. The number of hydrogen-bond acceptors (Lipinski definition) is 5.